The lowest BCUT2D eigenvalue weighted by atomic mass is 9.86. The summed E-state index contributed by atoms with van der Waals surface area (Å²) < 4.78 is 56.0. The van der Waals surface area contributed by atoms with Gasteiger partial charge in [-0.05, 0) is 35.1 Å². The van der Waals surface area contributed by atoms with Crippen LogP contribution in [-0.4, -0.2) is 50.0 Å². The van der Waals surface area contributed by atoms with Gasteiger partial charge >= 0.3 is 5.92 Å². The van der Waals surface area contributed by atoms with E-state index in [0.29, 0.717) is 24.0 Å². The molecule has 2 aliphatic rings. The average molecular weight is 420 g/mol. The molecule has 0 aliphatic carbocycles. The molecule has 154 valence electrons. The van der Waals surface area contributed by atoms with Crippen LogP contribution in [0.4, 0.5) is 8.78 Å². The molecule has 1 fully saturated rings. The number of amides is 1. The van der Waals surface area contributed by atoms with Crippen LogP contribution in [0, 0.1) is 0 Å². The van der Waals surface area contributed by atoms with Crippen molar-refractivity contribution in [1.29, 1.82) is 0 Å². The molecule has 4 rings (SSSR count). The van der Waals surface area contributed by atoms with Crippen LogP contribution >= 0.6 is 0 Å². The van der Waals surface area contributed by atoms with Gasteiger partial charge < -0.3 is 4.90 Å². The molecule has 2 aromatic carbocycles. The molecule has 2 heterocycles. The third-order valence-corrected chi connectivity index (χ3v) is 6.40. The van der Waals surface area contributed by atoms with E-state index in [-0.39, 0.29) is 6.54 Å². The van der Waals surface area contributed by atoms with Crippen LogP contribution in [0.25, 0.3) is 11.1 Å². The highest BCUT2D eigenvalue weighted by molar-refractivity contribution is 7.88. The molecule has 2 aromatic rings. The van der Waals surface area contributed by atoms with E-state index in [0.717, 1.165) is 22.3 Å². The zero-order chi connectivity index (χ0) is 20.8. The summed E-state index contributed by atoms with van der Waals surface area (Å²) in [5.41, 5.74) is 2.65. The molecule has 0 saturated carbocycles. The number of hydrogen-bond donors (Lipinski definition) is 1. The summed E-state index contributed by atoms with van der Waals surface area (Å²) in [5, 5.41) is 0. The SMILES string of the molecule is CS(=O)(=O)NC1CCN2C(=O)C(F)(F)Cc3c(cccc3-c3ccccc3)CC12. The molecular weight excluding hydrogens is 398 g/mol. The van der Waals surface area contributed by atoms with Crippen LogP contribution < -0.4 is 4.72 Å². The van der Waals surface area contributed by atoms with E-state index >= 15 is 0 Å². The van der Waals surface area contributed by atoms with Crippen LogP contribution in [0.5, 0.6) is 0 Å². The number of halogens is 2. The van der Waals surface area contributed by atoms with Gasteiger partial charge in [-0.15, -0.1) is 0 Å². The van der Waals surface area contributed by atoms with Crippen LogP contribution in [0.1, 0.15) is 17.5 Å². The second-order valence-electron chi connectivity index (χ2n) is 7.75. The fraction of sp³-hybridized carbons (Fsp3) is 0.381. The Kier molecular flexibility index (Phi) is 4.94. The van der Waals surface area contributed by atoms with Crippen molar-refractivity contribution in [2.75, 3.05) is 12.8 Å². The van der Waals surface area contributed by atoms with Gasteiger partial charge in [0.1, 0.15) is 0 Å². The summed E-state index contributed by atoms with van der Waals surface area (Å²) in [6, 6.07) is 13.4. The summed E-state index contributed by atoms with van der Waals surface area (Å²) in [6.45, 7) is 0.111. The maximum absolute atomic E-state index is 15.0. The molecule has 0 spiro atoms. The van der Waals surface area contributed by atoms with Gasteiger partial charge in [-0.3, -0.25) is 4.79 Å². The van der Waals surface area contributed by atoms with Crippen molar-refractivity contribution in [2.24, 2.45) is 0 Å². The van der Waals surface area contributed by atoms with Gasteiger partial charge in [0.25, 0.3) is 5.91 Å². The maximum Gasteiger partial charge on any atom is 0.328 e. The van der Waals surface area contributed by atoms with Crippen molar-refractivity contribution in [3.8, 4) is 11.1 Å². The fourth-order valence-electron chi connectivity index (χ4n) is 4.43. The van der Waals surface area contributed by atoms with Gasteiger partial charge in [-0.2, -0.15) is 8.78 Å². The number of nitrogens with zero attached hydrogens (tertiary/aromatic N) is 1. The molecule has 0 bridgehead atoms. The zero-order valence-corrected chi connectivity index (χ0v) is 16.8. The number of sulfonamides is 1. The van der Waals surface area contributed by atoms with Gasteiger partial charge in [0.05, 0.1) is 12.3 Å². The Bertz CT molecular complexity index is 1040. The molecule has 1 saturated heterocycles. The van der Waals surface area contributed by atoms with E-state index in [9.17, 15) is 22.0 Å². The number of benzene rings is 2. The highest BCUT2D eigenvalue weighted by Gasteiger charge is 2.50. The van der Waals surface area contributed by atoms with Gasteiger partial charge in [-0.25, -0.2) is 13.1 Å². The van der Waals surface area contributed by atoms with Crippen LogP contribution in [0.15, 0.2) is 48.5 Å². The Morgan fingerprint density at radius 1 is 1.10 bits per heavy atom. The smallest absolute Gasteiger partial charge is 0.328 e. The number of fused-ring (bicyclic) bond motifs is 2. The van der Waals surface area contributed by atoms with Crippen molar-refractivity contribution in [2.45, 2.75) is 37.3 Å². The Hall–Kier alpha value is -2.32. The largest absolute Gasteiger partial charge is 0.332 e. The van der Waals surface area contributed by atoms with E-state index < -0.39 is 40.4 Å². The van der Waals surface area contributed by atoms with Crippen molar-refractivity contribution in [3.05, 3.63) is 59.7 Å². The van der Waals surface area contributed by atoms with Crippen LogP contribution in [-0.2, 0) is 27.7 Å². The zero-order valence-electron chi connectivity index (χ0n) is 15.9. The molecular formula is C21H22F2N2O3S. The second-order valence-corrected chi connectivity index (χ2v) is 9.53. The Morgan fingerprint density at radius 3 is 2.52 bits per heavy atom. The van der Waals surface area contributed by atoms with E-state index in [1.165, 1.54) is 0 Å². The normalized spacial score (nSPS) is 23.8. The molecule has 0 aromatic heterocycles. The lowest BCUT2D eigenvalue weighted by Gasteiger charge is -2.35. The van der Waals surface area contributed by atoms with Gasteiger partial charge in [0, 0.05) is 19.0 Å². The van der Waals surface area contributed by atoms with Crippen LogP contribution in [0.3, 0.4) is 0 Å². The Labute approximate surface area is 168 Å². The molecule has 2 unspecified atom stereocenters. The highest BCUT2D eigenvalue weighted by Crippen LogP contribution is 2.38. The van der Waals surface area contributed by atoms with Crippen molar-refractivity contribution >= 4 is 15.9 Å². The first-order valence-corrected chi connectivity index (χ1v) is 11.4. The minimum atomic E-state index is -3.56. The monoisotopic (exact) mass is 420 g/mol. The Morgan fingerprint density at radius 2 is 1.83 bits per heavy atom. The van der Waals surface area contributed by atoms with Gasteiger partial charge in [0.15, 0.2) is 0 Å². The summed E-state index contributed by atoms with van der Waals surface area (Å²) in [4.78, 5) is 13.8. The molecule has 5 nitrogen and oxygen atoms in total. The molecule has 29 heavy (non-hydrogen) atoms. The summed E-state index contributed by atoms with van der Waals surface area (Å²) in [6.07, 6.45) is 1.01. The maximum atomic E-state index is 15.0. The predicted molar refractivity (Wildman–Crippen MR) is 106 cm³/mol. The first kappa shape index (κ1) is 20.0. The van der Waals surface area contributed by atoms with E-state index in [4.69, 9.17) is 0 Å². The van der Waals surface area contributed by atoms with Crippen molar-refractivity contribution in [1.82, 2.24) is 9.62 Å². The van der Waals surface area contributed by atoms with E-state index in [1.807, 2.05) is 36.4 Å². The minimum Gasteiger partial charge on any atom is -0.332 e. The predicted octanol–water partition coefficient (Wildman–Crippen LogP) is 2.61. The summed E-state index contributed by atoms with van der Waals surface area (Å²) in [5.74, 6) is -4.79. The van der Waals surface area contributed by atoms with Gasteiger partial charge in [-0.1, -0.05) is 48.5 Å². The number of nitrogens with one attached hydrogen (secondary N) is 1. The second kappa shape index (κ2) is 7.18. The quantitative estimate of drug-likeness (QED) is 0.830. The summed E-state index contributed by atoms with van der Waals surface area (Å²) in [7, 11) is -3.53. The Balaban J connectivity index is 1.82. The number of alkyl halides is 2. The van der Waals surface area contributed by atoms with Crippen molar-refractivity contribution in [3.63, 3.8) is 0 Å². The van der Waals surface area contributed by atoms with Crippen molar-refractivity contribution < 1.29 is 22.0 Å². The number of hydrogen-bond acceptors (Lipinski definition) is 3. The molecule has 8 heteroatoms. The lowest BCUT2D eigenvalue weighted by molar-refractivity contribution is -0.158. The number of carbonyl (C=O) groups excluding carboxylic acids is 1. The average Bonchev–Trinajstić information content (AvgIpc) is 3.02. The highest BCUT2D eigenvalue weighted by atomic mass is 32.2. The topological polar surface area (TPSA) is 66.5 Å². The standard InChI is InChI=1S/C21H22F2N2O3S/c1-29(27,28)24-18-10-11-25-19(18)12-15-8-5-9-16(14-6-3-2-4-7-14)17(15)13-21(22,23)20(25)26/h2-9,18-19,24H,10-13H2,1H3. The number of rotatable bonds is 3. The van der Waals surface area contributed by atoms with Gasteiger partial charge in [0.2, 0.25) is 10.0 Å². The summed E-state index contributed by atoms with van der Waals surface area (Å²) >= 11 is 0. The van der Waals surface area contributed by atoms with Crippen LogP contribution in [0.2, 0.25) is 0 Å². The molecule has 0 radical (unpaired) electrons. The molecule has 2 aliphatic heterocycles. The molecule has 1 amide bonds. The third-order valence-electron chi connectivity index (χ3n) is 5.67. The number of carbonyl (C=O) groups is 1. The fourth-order valence-corrected chi connectivity index (χ4v) is 5.25. The molecule has 2 atom stereocenters. The lowest BCUT2D eigenvalue weighted by Crippen LogP contribution is -2.53. The first-order valence-electron chi connectivity index (χ1n) is 9.48. The minimum absolute atomic E-state index is 0.111. The first-order chi connectivity index (χ1) is 13.7. The third kappa shape index (κ3) is 3.91. The van der Waals surface area contributed by atoms with E-state index in [1.54, 1.807) is 12.1 Å². The van der Waals surface area contributed by atoms with E-state index in [2.05, 4.69) is 4.72 Å². The molecule has 1 N–H and O–H groups in total.